The van der Waals surface area contributed by atoms with E-state index in [9.17, 15) is 10.1 Å². The topological polar surface area (TPSA) is 130 Å². The van der Waals surface area contributed by atoms with E-state index in [1.807, 2.05) is 31.2 Å². The lowest BCUT2D eigenvalue weighted by molar-refractivity contribution is -0.276. The molecule has 220 valence electrons. The number of hydrogen-bond acceptors (Lipinski definition) is 10. The van der Waals surface area contributed by atoms with E-state index in [4.69, 9.17) is 31.1 Å². The number of carbonyl (C=O) groups excluding carboxylic acids is 1. The lowest BCUT2D eigenvalue weighted by Gasteiger charge is -2.31. The largest absolute Gasteiger partial charge is 0.381 e. The van der Waals surface area contributed by atoms with Crippen LogP contribution in [0.4, 0.5) is 11.6 Å². The first kappa shape index (κ1) is 29.5. The average Bonchev–Trinajstić information content (AvgIpc) is 3.85. The Morgan fingerprint density at radius 3 is 2.66 bits per heavy atom. The number of nitriles is 1. The first-order valence-corrected chi connectivity index (χ1v) is 15.0. The lowest BCUT2D eigenvalue weighted by atomic mass is 9.82. The summed E-state index contributed by atoms with van der Waals surface area (Å²) >= 11 is 6.55. The van der Waals surface area contributed by atoms with Gasteiger partial charge in [0.25, 0.3) is 0 Å². The monoisotopic (exact) mass is 582 g/mol. The molecule has 0 radical (unpaired) electrons. The Labute approximate surface area is 246 Å². The molecular weight excluding hydrogens is 544 g/mol. The quantitative estimate of drug-likeness (QED) is 0.229. The number of nitrogens with zero attached hydrogens (tertiary/aromatic N) is 3. The molecule has 3 aliphatic rings. The van der Waals surface area contributed by atoms with Gasteiger partial charge in [-0.3, -0.25) is 4.89 Å². The second-order valence-corrected chi connectivity index (χ2v) is 11.9. The standard InChI is InChI=1S/C30H39ClN6O4/c1-20(17-40-41-29(38)21-5-6-21)35-22-7-9-23(10-8-22)36-28-15-24(25(31)16-33-28)26-3-2-4-27(37-26)34-19-30(18-32)11-13-39-14-12-30/h2-4,15-16,20-23,35H,5-14,17,19H2,1H3,(H,33,36)(H,34,37)/t20-,22?,23?/m0/s1. The normalized spacial score (nSPS) is 22.8. The predicted molar refractivity (Wildman–Crippen MR) is 156 cm³/mol. The van der Waals surface area contributed by atoms with Crippen LogP contribution in [0.3, 0.4) is 0 Å². The van der Waals surface area contributed by atoms with E-state index in [1.54, 1.807) is 6.20 Å². The fourth-order valence-corrected chi connectivity index (χ4v) is 5.59. The molecule has 41 heavy (non-hydrogen) atoms. The van der Waals surface area contributed by atoms with Crippen molar-refractivity contribution in [3.05, 3.63) is 35.5 Å². The molecule has 5 rings (SSSR count). The predicted octanol–water partition coefficient (Wildman–Crippen LogP) is 5.12. The van der Waals surface area contributed by atoms with Crippen LogP contribution >= 0.6 is 11.6 Å². The van der Waals surface area contributed by atoms with Crippen LogP contribution in [-0.4, -0.2) is 60.4 Å². The minimum atomic E-state index is -0.438. The van der Waals surface area contributed by atoms with Gasteiger partial charge in [-0.25, -0.2) is 14.8 Å². The molecule has 3 fully saturated rings. The first-order valence-electron chi connectivity index (χ1n) is 14.6. The van der Waals surface area contributed by atoms with E-state index in [0.29, 0.717) is 62.1 Å². The molecule has 10 nitrogen and oxygen atoms in total. The third-order valence-corrected chi connectivity index (χ3v) is 8.45. The molecule has 0 unspecified atom stereocenters. The maximum Gasteiger partial charge on any atom is 0.345 e. The second-order valence-electron chi connectivity index (χ2n) is 11.5. The van der Waals surface area contributed by atoms with Crippen LogP contribution in [0.25, 0.3) is 11.3 Å². The highest BCUT2D eigenvalue weighted by atomic mass is 35.5. The van der Waals surface area contributed by atoms with Crippen LogP contribution in [0, 0.1) is 22.7 Å². The molecule has 1 atom stereocenters. The summed E-state index contributed by atoms with van der Waals surface area (Å²) < 4.78 is 5.44. The van der Waals surface area contributed by atoms with Gasteiger partial charge in [-0.05, 0) is 76.5 Å². The van der Waals surface area contributed by atoms with Gasteiger partial charge in [0.15, 0.2) is 0 Å². The fraction of sp³-hybridized carbons (Fsp3) is 0.600. The number of halogens is 1. The molecular formula is C30H39ClN6O4. The zero-order chi connectivity index (χ0) is 28.7. The summed E-state index contributed by atoms with van der Waals surface area (Å²) in [5.41, 5.74) is 1.11. The van der Waals surface area contributed by atoms with Gasteiger partial charge in [0.1, 0.15) is 18.2 Å². The number of nitrogens with one attached hydrogen (secondary N) is 3. The van der Waals surface area contributed by atoms with Crippen molar-refractivity contribution < 1.29 is 19.3 Å². The molecule has 2 aromatic rings. The second kappa shape index (κ2) is 13.8. The van der Waals surface area contributed by atoms with Crippen molar-refractivity contribution in [2.24, 2.45) is 11.3 Å². The van der Waals surface area contributed by atoms with Crippen molar-refractivity contribution in [2.45, 2.75) is 76.4 Å². The van der Waals surface area contributed by atoms with E-state index in [-0.39, 0.29) is 17.9 Å². The van der Waals surface area contributed by atoms with Gasteiger partial charge >= 0.3 is 5.97 Å². The summed E-state index contributed by atoms with van der Waals surface area (Å²) in [5.74, 6) is 1.27. The summed E-state index contributed by atoms with van der Waals surface area (Å²) in [7, 11) is 0. The van der Waals surface area contributed by atoms with Crippen molar-refractivity contribution in [3.8, 4) is 17.3 Å². The summed E-state index contributed by atoms with van der Waals surface area (Å²) in [5, 5.41) is 20.8. The minimum Gasteiger partial charge on any atom is -0.381 e. The Bertz CT molecular complexity index is 1220. The van der Waals surface area contributed by atoms with Crippen molar-refractivity contribution in [1.82, 2.24) is 15.3 Å². The van der Waals surface area contributed by atoms with Gasteiger partial charge in [0, 0.05) is 49.6 Å². The number of anilines is 2. The smallest absolute Gasteiger partial charge is 0.345 e. The fourth-order valence-electron chi connectivity index (χ4n) is 5.39. The number of carbonyl (C=O) groups is 1. The van der Waals surface area contributed by atoms with Crippen LogP contribution in [0.15, 0.2) is 30.5 Å². The van der Waals surface area contributed by atoms with Gasteiger partial charge in [0.05, 0.1) is 28.1 Å². The SMILES string of the molecule is C[C@@H](COOC(=O)C1CC1)NC1CCC(Nc2cc(-c3cccc(NCC4(C#N)CCOCC4)n3)c(Cl)cn2)CC1. The van der Waals surface area contributed by atoms with Crippen molar-refractivity contribution in [3.63, 3.8) is 0 Å². The Kier molecular flexibility index (Phi) is 9.93. The number of rotatable bonds is 12. The van der Waals surface area contributed by atoms with Crippen molar-refractivity contribution >= 4 is 29.2 Å². The molecule has 3 N–H and O–H groups in total. The number of ether oxygens (including phenoxy) is 1. The number of pyridine rings is 2. The summed E-state index contributed by atoms with van der Waals surface area (Å²) in [4.78, 5) is 30.9. The zero-order valence-corrected chi connectivity index (χ0v) is 24.3. The van der Waals surface area contributed by atoms with Crippen LogP contribution in [0.5, 0.6) is 0 Å². The molecule has 11 heteroatoms. The third kappa shape index (κ3) is 8.29. The van der Waals surface area contributed by atoms with Crippen LogP contribution in [-0.2, 0) is 19.3 Å². The molecule has 0 spiro atoms. The van der Waals surface area contributed by atoms with Gasteiger partial charge in [-0.1, -0.05) is 17.7 Å². The van der Waals surface area contributed by atoms with Crippen LogP contribution < -0.4 is 16.0 Å². The van der Waals surface area contributed by atoms with E-state index in [2.05, 4.69) is 27.0 Å². The van der Waals surface area contributed by atoms with Gasteiger partial charge in [0.2, 0.25) is 0 Å². The third-order valence-electron chi connectivity index (χ3n) is 8.14. The van der Waals surface area contributed by atoms with Crippen molar-refractivity contribution in [2.75, 3.05) is 37.0 Å². The average molecular weight is 583 g/mol. The summed E-state index contributed by atoms with van der Waals surface area (Å²) in [6, 6.07) is 11.0. The Hall–Kier alpha value is -2.97. The first-order chi connectivity index (χ1) is 19.9. The van der Waals surface area contributed by atoms with Gasteiger partial charge in [-0.2, -0.15) is 10.1 Å². The molecule has 1 aliphatic heterocycles. The maximum absolute atomic E-state index is 11.6. The minimum absolute atomic E-state index is 0.0379. The highest BCUT2D eigenvalue weighted by Gasteiger charge is 2.33. The van der Waals surface area contributed by atoms with Crippen LogP contribution in [0.2, 0.25) is 5.02 Å². The van der Waals surface area contributed by atoms with Gasteiger partial charge in [-0.15, -0.1) is 0 Å². The van der Waals surface area contributed by atoms with Gasteiger partial charge < -0.3 is 20.7 Å². The Morgan fingerprint density at radius 1 is 1.17 bits per heavy atom. The van der Waals surface area contributed by atoms with E-state index < -0.39 is 5.41 Å². The van der Waals surface area contributed by atoms with E-state index >= 15 is 0 Å². The zero-order valence-electron chi connectivity index (χ0n) is 23.5. The summed E-state index contributed by atoms with van der Waals surface area (Å²) in [6.45, 7) is 4.12. The highest BCUT2D eigenvalue weighted by molar-refractivity contribution is 6.33. The molecule has 2 aliphatic carbocycles. The number of hydrogen-bond donors (Lipinski definition) is 3. The molecule has 1 saturated heterocycles. The Morgan fingerprint density at radius 2 is 1.93 bits per heavy atom. The molecule has 0 bridgehead atoms. The lowest BCUT2D eigenvalue weighted by Crippen LogP contribution is -2.43. The van der Waals surface area contributed by atoms with Crippen LogP contribution in [0.1, 0.15) is 58.3 Å². The molecule has 2 aromatic heterocycles. The van der Waals surface area contributed by atoms with Crippen molar-refractivity contribution in [1.29, 1.82) is 5.26 Å². The number of aromatic nitrogens is 2. The molecule has 0 amide bonds. The highest BCUT2D eigenvalue weighted by Crippen LogP contribution is 2.33. The van der Waals surface area contributed by atoms with E-state index in [0.717, 1.165) is 55.6 Å². The maximum atomic E-state index is 11.6. The van der Waals surface area contributed by atoms with E-state index in [1.165, 1.54) is 0 Å². The molecule has 3 heterocycles. The Balaban J connectivity index is 1.11. The summed E-state index contributed by atoms with van der Waals surface area (Å²) in [6.07, 6.45) is 8.96. The molecule has 0 aromatic carbocycles. The molecule has 2 saturated carbocycles.